The number of rotatable bonds is 1. The molecule has 4 nitrogen and oxygen atoms in total. The average Bonchev–Trinajstić information content (AvgIpc) is 2.51. The van der Waals surface area contributed by atoms with Crippen LogP contribution in [0, 0.1) is 5.82 Å². The Balaban J connectivity index is 1.87. The second-order valence-corrected chi connectivity index (χ2v) is 4.56. The predicted molar refractivity (Wildman–Crippen MR) is 72.3 cm³/mol. The van der Waals surface area contributed by atoms with Crippen molar-refractivity contribution < 1.29 is 18.7 Å². The first-order valence-electron chi connectivity index (χ1n) is 6.47. The lowest BCUT2D eigenvalue weighted by atomic mass is 10.1. The summed E-state index contributed by atoms with van der Waals surface area (Å²) in [5.74, 6) is 0.0465. The highest BCUT2D eigenvalue weighted by molar-refractivity contribution is 5.90. The number of carbonyl (C=O) groups excluding carboxylic acids is 1. The molecule has 1 aliphatic rings. The van der Waals surface area contributed by atoms with Crippen molar-refractivity contribution in [1.29, 1.82) is 0 Å². The van der Waals surface area contributed by atoms with Gasteiger partial charge in [-0.1, -0.05) is 24.3 Å². The van der Waals surface area contributed by atoms with Crippen LogP contribution >= 0.6 is 0 Å². The summed E-state index contributed by atoms with van der Waals surface area (Å²) in [5, 5.41) is 1.04. The molecule has 0 unspecified atom stereocenters. The van der Waals surface area contributed by atoms with Crippen molar-refractivity contribution in [2.45, 2.75) is 0 Å². The van der Waals surface area contributed by atoms with Gasteiger partial charge in [0.2, 0.25) is 0 Å². The zero-order valence-corrected chi connectivity index (χ0v) is 10.8. The largest absolute Gasteiger partial charge is 0.415 e. The molecule has 5 heteroatoms. The number of hydrogen-bond donors (Lipinski definition) is 0. The molecule has 0 aliphatic carbocycles. The molecule has 0 bridgehead atoms. The minimum atomic E-state index is -0.426. The van der Waals surface area contributed by atoms with Gasteiger partial charge in [0, 0.05) is 23.9 Å². The average molecular weight is 275 g/mol. The first kappa shape index (κ1) is 12.9. The maximum absolute atomic E-state index is 13.7. The minimum absolute atomic E-state index is 0.327. The fourth-order valence-corrected chi connectivity index (χ4v) is 2.23. The fraction of sp³-hybridized carbons (Fsp3) is 0.267. The summed E-state index contributed by atoms with van der Waals surface area (Å²) in [6.07, 6.45) is -0.426. The standard InChI is InChI=1S/C15H14FNO3/c16-13-5-6-14(12-4-2-1-3-11(12)13)20-15(18)17-7-9-19-10-8-17/h1-6H,7-10H2. The Bertz CT molecular complexity index is 638. The van der Waals surface area contributed by atoms with Crippen LogP contribution in [0.3, 0.4) is 0 Å². The summed E-state index contributed by atoms with van der Waals surface area (Å²) in [6, 6.07) is 9.73. The van der Waals surface area contributed by atoms with Crippen molar-refractivity contribution in [2.75, 3.05) is 26.3 Å². The maximum atomic E-state index is 13.7. The van der Waals surface area contributed by atoms with E-state index in [0.717, 1.165) is 0 Å². The number of halogens is 1. The van der Waals surface area contributed by atoms with E-state index in [0.29, 0.717) is 42.8 Å². The Kier molecular flexibility index (Phi) is 3.52. The number of nitrogens with zero attached hydrogens (tertiary/aromatic N) is 1. The number of hydrogen-bond acceptors (Lipinski definition) is 3. The van der Waals surface area contributed by atoms with E-state index < -0.39 is 6.09 Å². The van der Waals surface area contributed by atoms with Gasteiger partial charge in [-0.05, 0) is 12.1 Å². The number of ether oxygens (including phenoxy) is 2. The molecule has 0 radical (unpaired) electrons. The Labute approximate surface area is 115 Å². The van der Waals surface area contributed by atoms with Gasteiger partial charge in [0.05, 0.1) is 13.2 Å². The van der Waals surface area contributed by atoms with Crippen molar-refractivity contribution in [1.82, 2.24) is 4.90 Å². The molecular weight excluding hydrogens is 261 g/mol. The molecule has 2 aromatic carbocycles. The SMILES string of the molecule is O=C(Oc1ccc(F)c2ccccc12)N1CCOCC1. The van der Waals surface area contributed by atoms with Gasteiger partial charge < -0.3 is 14.4 Å². The summed E-state index contributed by atoms with van der Waals surface area (Å²) in [7, 11) is 0. The van der Waals surface area contributed by atoms with E-state index in [9.17, 15) is 9.18 Å². The number of benzene rings is 2. The normalized spacial score (nSPS) is 15.3. The summed E-state index contributed by atoms with van der Waals surface area (Å²) >= 11 is 0. The van der Waals surface area contributed by atoms with Gasteiger partial charge >= 0.3 is 6.09 Å². The molecule has 1 saturated heterocycles. The van der Waals surface area contributed by atoms with Crippen LogP contribution in [0.2, 0.25) is 0 Å². The third kappa shape index (κ3) is 2.44. The van der Waals surface area contributed by atoms with Gasteiger partial charge in [0.1, 0.15) is 11.6 Å². The first-order chi connectivity index (χ1) is 9.75. The molecule has 1 aliphatic heterocycles. The molecule has 0 N–H and O–H groups in total. The summed E-state index contributed by atoms with van der Waals surface area (Å²) < 4.78 is 24.3. The number of amides is 1. The van der Waals surface area contributed by atoms with Crippen LogP contribution in [0.4, 0.5) is 9.18 Å². The molecule has 0 atom stereocenters. The third-order valence-corrected chi connectivity index (χ3v) is 3.30. The summed E-state index contributed by atoms with van der Waals surface area (Å²) in [5.41, 5.74) is 0. The van der Waals surface area contributed by atoms with E-state index in [4.69, 9.17) is 9.47 Å². The monoisotopic (exact) mass is 275 g/mol. The van der Waals surface area contributed by atoms with Gasteiger partial charge in [0.25, 0.3) is 0 Å². The van der Waals surface area contributed by atoms with Crippen LogP contribution in [-0.4, -0.2) is 37.3 Å². The predicted octanol–water partition coefficient (Wildman–Crippen LogP) is 2.81. The van der Waals surface area contributed by atoms with Gasteiger partial charge in [-0.25, -0.2) is 9.18 Å². The number of fused-ring (bicyclic) bond motifs is 1. The second-order valence-electron chi connectivity index (χ2n) is 4.56. The summed E-state index contributed by atoms with van der Waals surface area (Å²) in [6.45, 7) is 2.05. The second kappa shape index (κ2) is 5.46. The minimum Gasteiger partial charge on any atom is -0.410 e. The molecule has 2 aromatic rings. The molecule has 3 rings (SSSR count). The quantitative estimate of drug-likeness (QED) is 0.803. The van der Waals surface area contributed by atoms with Crippen molar-refractivity contribution >= 4 is 16.9 Å². The van der Waals surface area contributed by atoms with Gasteiger partial charge in [0.15, 0.2) is 0 Å². The molecule has 0 saturated carbocycles. The molecule has 104 valence electrons. The number of carbonyl (C=O) groups is 1. The molecule has 1 amide bonds. The highest BCUT2D eigenvalue weighted by Gasteiger charge is 2.19. The van der Waals surface area contributed by atoms with Gasteiger partial charge in [-0.2, -0.15) is 0 Å². The molecule has 1 fully saturated rings. The van der Waals surface area contributed by atoms with Crippen molar-refractivity contribution in [3.63, 3.8) is 0 Å². The van der Waals surface area contributed by atoms with Crippen molar-refractivity contribution in [3.8, 4) is 5.75 Å². The van der Waals surface area contributed by atoms with Crippen molar-refractivity contribution in [3.05, 3.63) is 42.2 Å². The zero-order chi connectivity index (χ0) is 13.9. The fourth-order valence-electron chi connectivity index (χ4n) is 2.23. The lowest BCUT2D eigenvalue weighted by molar-refractivity contribution is 0.0417. The van der Waals surface area contributed by atoms with E-state index in [2.05, 4.69) is 0 Å². The van der Waals surface area contributed by atoms with Crippen LogP contribution < -0.4 is 4.74 Å². The van der Waals surface area contributed by atoms with E-state index in [1.807, 2.05) is 0 Å². The lowest BCUT2D eigenvalue weighted by Crippen LogP contribution is -2.42. The Hall–Kier alpha value is -2.14. The molecule has 0 spiro atoms. The van der Waals surface area contributed by atoms with E-state index in [1.165, 1.54) is 12.1 Å². The van der Waals surface area contributed by atoms with E-state index >= 15 is 0 Å². The molecular formula is C15H14FNO3. The smallest absolute Gasteiger partial charge is 0.410 e. The molecule has 20 heavy (non-hydrogen) atoms. The van der Waals surface area contributed by atoms with Crippen LogP contribution in [0.5, 0.6) is 5.75 Å². The van der Waals surface area contributed by atoms with Crippen LogP contribution in [0.15, 0.2) is 36.4 Å². The Morgan fingerprint density at radius 1 is 1.10 bits per heavy atom. The molecule has 1 heterocycles. The maximum Gasteiger partial charge on any atom is 0.415 e. The van der Waals surface area contributed by atoms with Gasteiger partial charge in [-0.15, -0.1) is 0 Å². The highest BCUT2D eigenvalue weighted by atomic mass is 19.1. The Morgan fingerprint density at radius 3 is 2.55 bits per heavy atom. The van der Waals surface area contributed by atoms with Gasteiger partial charge in [-0.3, -0.25) is 0 Å². The summed E-state index contributed by atoms with van der Waals surface area (Å²) in [4.78, 5) is 13.6. The topological polar surface area (TPSA) is 38.8 Å². The van der Waals surface area contributed by atoms with Crippen LogP contribution in [0.1, 0.15) is 0 Å². The molecule has 0 aromatic heterocycles. The third-order valence-electron chi connectivity index (χ3n) is 3.30. The zero-order valence-electron chi connectivity index (χ0n) is 10.8. The van der Waals surface area contributed by atoms with Crippen molar-refractivity contribution in [2.24, 2.45) is 0 Å². The van der Waals surface area contributed by atoms with E-state index in [-0.39, 0.29) is 5.82 Å². The van der Waals surface area contributed by atoms with Crippen LogP contribution in [-0.2, 0) is 4.74 Å². The lowest BCUT2D eigenvalue weighted by Gasteiger charge is -2.26. The first-order valence-corrected chi connectivity index (χ1v) is 6.47. The number of morpholine rings is 1. The van der Waals surface area contributed by atoms with E-state index in [1.54, 1.807) is 29.2 Å². The van der Waals surface area contributed by atoms with Crippen LogP contribution in [0.25, 0.3) is 10.8 Å². The highest BCUT2D eigenvalue weighted by Crippen LogP contribution is 2.28. The Morgan fingerprint density at radius 2 is 1.80 bits per heavy atom.